The molecule has 3 N–H and O–H groups in total. The zero-order valence-electron chi connectivity index (χ0n) is 19.6. The molecule has 0 spiro atoms. The zero-order valence-corrected chi connectivity index (χ0v) is 20.5. The van der Waals surface area contributed by atoms with Gasteiger partial charge in [-0.05, 0) is 18.2 Å². The molecular weight excluding hydrogens is 486 g/mol. The summed E-state index contributed by atoms with van der Waals surface area (Å²) in [6.45, 7) is 1.37. The van der Waals surface area contributed by atoms with E-state index >= 15 is 0 Å². The summed E-state index contributed by atoms with van der Waals surface area (Å²) in [7, 11) is -0.490. The third-order valence-electron chi connectivity index (χ3n) is 5.78. The Labute approximate surface area is 206 Å². The Bertz CT molecular complexity index is 1620. The van der Waals surface area contributed by atoms with Gasteiger partial charge < -0.3 is 15.1 Å². The lowest BCUT2D eigenvalue weighted by Gasteiger charge is -2.35. The van der Waals surface area contributed by atoms with Crippen LogP contribution in [-0.2, 0) is 10.2 Å². The van der Waals surface area contributed by atoms with Gasteiger partial charge in [0.25, 0.3) is 15.8 Å². The molecule has 188 valence electrons. The van der Waals surface area contributed by atoms with Gasteiger partial charge in [0.05, 0.1) is 11.9 Å². The smallest absolute Gasteiger partial charge is 0.281 e. The maximum absolute atomic E-state index is 12.5. The van der Waals surface area contributed by atoms with E-state index in [0.29, 0.717) is 46.8 Å². The molecule has 13 nitrogen and oxygen atoms in total. The monoisotopic (exact) mass is 511 g/mol. The average molecular weight is 512 g/mol. The maximum Gasteiger partial charge on any atom is 0.281 e. The van der Waals surface area contributed by atoms with Gasteiger partial charge in [0.15, 0.2) is 17.4 Å². The number of benzene rings is 1. The molecule has 1 aliphatic heterocycles. The van der Waals surface area contributed by atoms with Crippen LogP contribution in [0.1, 0.15) is 5.56 Å². The van der Waals surface area contributed by atoms with Gasteiger partial charge in [-0.1, -0.05) is 18.2 Å². The van der Waals surface area contributed by atoms with Gasteiger partial charge in [-0.2, -0.15) is 36.6 Å². The van der Waals surface area contributed by atoms with Crippen LogP contribution in [0, 0.1) is 0 Å². The fraction of sp³-hybridized carbons (Fsp3) is 0.273. The van der Waals surface area contributed by atoms with Gasteiger partial charge in [0.1, 0.15) is 0 Å². The van der Waals surface area contributed by atoms with E-state index in [9.17, 15) is 18.6 Å². The van der Waals surface area contributed by atoms with E-state index in [0.717, 1.165) is 0 Å². The number of nitrogens with one attached hydrogen (secondary N) is 1. The van der Waals surface area contributed by atoms with Gasteiger partial charge in [0, 0.05) is 57.1 Å². The molecule has 5 rings (SSSR count). The van der Waals surface area contributed by atoms with Crippen molar-refractivity contribution in [3.63, 3.8) is 0 Å². The molecule has 1 aromatic carbocycles. The van der Waals surface area contributed by atoms with Gasteiger partial charge in [-0.25, -0.2) is 4.99 Å². The van der Waals surface area contributed by atoms with Gasteiger partial charge in [0.2, 0.25) is 5.95 Å². The summed E-state index contributed by atoms with van der Waals surface area (Å²) in [5.74, 6) is 0.0276. The topological polar surface area (TPSA) is 156 Å². The van der Waals surface area contributed by atoms with Crippen molar-refractivity contribution in [2.75, 3.05) is 45.2 Å². The van der Waals surface area contributed by atoms with Gasteiger partial charge in [-0.3, -0.25) is 4.98 Å². The van der Waals surface area contributed by atoms with Crippen molar-refractivity contribution in [1.29, 1.82) is 0 Å². The van der Waals surface area contributed by atoms with Crippen LogP contribution in [0.5, 0.6) is 11.8 Å². The standard InChI is InChI=1S/C22H25N9O4S/c1-28(2)36(34,35)30-10-8-29(9-11-30)21-26-19-16(12-15-13-18(32)25-20(15)33)14-23-31(19)22(27-21)24-17-6-4-3-5-7-17/h3-7,12-14,25,32-33H,8-11H2,1-2H3. The molecule has 0 bridgehead atoms. The maximum atomic E-state index is 12.5. The highest BCUT2D eigenvalue weighted by Gasteiger charge is 2.29. The third-order valence-corrected chi connectivity index (χ3v) is 7.72. The van der Waals surface area contributed by atoms with Crippen molar-refractivity contribution in [3.8, 4) is 11.8 Å². The number of rotatable bonds is 5. The van der Waals surface area contributed by atoms with Crippen LogP contribution < -0.4 is 15.7 Å². The normalized spacial score (nSPS) is 16.5. The van der Waals surface area contributed by atoms with Crippen molar-refractivity contribution in [2.24, 2.45) is 4.99 Å². The third kappa shape index (κ3) is 4.48. The molecule has 3 aromatic heterocycles. The number of aromatic nitrogens is 5. The van der Waals surface area contributed by atoms with E-state index in [4.69, 9.17) is 4.98 Å². The summed E-state index contributed by atoms with van der Waals surface area (Å²) >= 11 is 0. The second kappa shape index (κ2) is 9.22. The van der Waals surface area contributed by atoms with E-state index in [1.807, 2.05) is 35.2 Å². The lowest BCUT2D eigenvalue weighted by atomic mass is 10.2. The molecular formula is C22H25N9O4S. The number of hydrogen-bond donors (Lipinski definition) is 3. The molecule has 0 atom stereocenters. The minimum absolute atomic E-state index is 0.171. The second-order valence-electron chi connectivity index (χ2n) is 8.39. The highest BCUT2D eigenvalue weighted by molar-refractivity contribution is 7.86. The van der Waals surface area contributed by atoms with Crippen molar-refractivity contribution < 1.29 is 18.6 Å². The lowest BCUT2D eigenvalue weighted by Crippen LogP contribution is -2.52. The Morgan fingerprint density at radius 2 is 1.81 bits per heavy atom. The number of nitrogens with zero attached hydrogens (tertiary/aromatic N) is 8. The van der Waals surface area contributed by atoms with Crippen LogP contribution in [0.15, 0.2) is 47.6 Å². The first kappa shape index (κ1) is 23.7. The highest BCUT2D eigenvalue weighted by atomic mass is 32.2. The molecule has 0 aliphatic carbocycles. The molecule has 14 heteroatoms. The molecule has 0 unspecified atom stereocenters. The van der Waals surface area contributed by atoms with Crippen LogP contribution in [0.3, 0.4) is 0 Å². The van der Waals surface area contributed by atoms with Crippen molar-refractivity contribution in [2.45, 2.75) is 0 Å². The van der Waals surface area contributed by atoms with Crippen LogP contribution >= 0.6 is 0 Å². The first-order chi connectivity index (χ1) is 17.2. The van der Waals surface area contributed by atoms with E-state index < -0.39 is 10.2 Å². The predicted molar refractivity (Wildman–Crippen MR) is 132 cm³/mol. The summed E-state index contributed by atoms with van der Waals surface area (Å²) in [4.78, 5) is 18.3. The predicted octanol–water partition coefficient (Wildman–Crippen LogP) is -0.428. The molecule has 4 aromatic rings. The molecule has 1 saturated heterocycles. The van der Waals surface area contributed by atoms with Crippen LogP contribution in [0.4, 0.5) is 11.6 Å². The number of hydrogen-bond acceptors (Lipinski definition) is 9. The summed E-state index contributed by atoms with van der Waals surface area (Å²) in [6, 6.07) is 10.7. The number of para-hydroxylation sites is 1. The SMILES string of the molecule is CN(C)S(=O)(=O)N1CCN(c2nc(=Nc3ccccc3)n3ncc(=Cc4cc(O)[nH]c4O)c3n2)CC1. The van der Waals surface area contributed by atoms with Crippen molar-refractivity contribution in [3.05, 3.63) is 59.0 Å². The molecule has 0 radical (unpaired) electrons. The number of aromatic hydroxyl groups is 2. The quantitative estimate of drug-likeness (QED) is 0.326. The lowest BCUT2D eigenvalue weighted by molar-refractivity contribution is 0.354. The van der Waals surface area contributed by atoms with Crippen molar-refractivity contribution >= 4 is 33.6 Å². The summed E-state index contributed by atoms with van der Waals surface area (Å²) in [5.41, 5.74) is 1.79. The number of H-pyrrole nitrogens is 1. The first-order valence-electron chi connectivity index (χ1n) is 11.1. The number of piperazine rings is 1. The van der Waals surface area contributed by atoms with Crippen LogP contribution in [0.2, 0.25) is 0 Å². The average Bonchev–Trinajstić information content (AvgIpc) is 3.41. The van der Waals surface area contributed by atoms with Crippen molar-refractivity contribution in [1.82, 2.24) is 33.2 Å². The highest BCUT2D eigenvalue weighted by Crippen LogP contribution is 2.22. The van der Waals surface area contributed by atoms with Crippen LogP contribution in [-0.4, -0.2) is 92.1 Å². The molecule has 4 heterocycles. The summed E-state index contributed by atoms with van der Waals surface area (Å²) < 4.78 is 29.1. The molecule has 1 aliphatic rings. The first-order valence-corrected chi connectivity index (χ1v) is 12.5. The Hall–Kier alpha value is -4.01. The summed E-state index contributed by atoms with van der Waals surface area (Å²) in [5, 5.41) is 24.7. The summed E-state index contributed by atoms with van der Waals surface area (Å²) in [6.07, 6.45) is 3.21. The molecule has 36 heavy (non-hydrogen) atoms. The van der Waals surface area contributed by atoms with E-state index in [-0.39, 0.29) is 24.8 Å². The molecule has 0 amide bonds. The van der Waals surface area contributed by atoms with E-state index in [1.165, 1.54) is 33.3 Å². The fourth-order valence-corrected chi connectivity index (χ4v) is 4.96. The minimum atomic E-state index is -3.51. The Morgan fingerprint density at radius 3 is 2.44 bits per heavy atom. The number of fused-ring (bicyclic) bond motifs is 1. The second-order valence-corrected chi connectivity index (χ2v) is 10.5. The van der Waals surface area contributed by atoms with E-state index in [1.54, 1.807) is 12.3 Å². The zero-order chi connectivity index (χ0) is 25.4. The molecule has 1 fully saturated rings. The fourth-order valence-electron chi connectivity index (χ4n) is 3.88. The van der Waals surface area contributed by atoms with Crippen LogP contribution in [0.25, 0.3) is 11.7 Å². The Kier molecular flexibility index (Phi) is 6.07. The minimum Gasteiger partial charge on any atom is -0.494 e. The Balaban J connectivity index is 1.60. The van der Waals surface area contributed by atoms with Gasteiger partial charge in [-0.15, -0.1) is 0 Å². The Morgan fingerprint density at radius 1 is 1.08 bits per heavy atom. The number of anilines is 1. The largest absolute Gasteiger partial charge is 0.494 e. The molecule has 0 saturated carbocycles. The number of aromatic amines is 1. The van der Waals surface area contributed by atoms with Gasteiger partial charge >= 0.3 is 0 Å². The van der Waals surface area contributed by atoms with E-state index in [2.05, 4.69) is 20.1 Å².